The molecule has 3 rings (SSSR count). The number of pyridine rings is 1. The maximum absolute atomic E-state index is 5.31. The molecule has 0 spiro atoms. The maximum atomic E-state index is 5.31. The first-order valence-electron chi connectivity index (χ1n) is 4.80. The quantitative estimate of drug-likeness (QED) is 0.687. The number of hydrogen-bond donors (Lipinski definition) is 0. The van der Waals surface area contributed by atoms with E-state index in [0.717, 1.165) is 21.5 Å². The van der Waals surface area contributed by atoms with E-state index in [1.807, 2.05) is 29.7 Å². The minimum absolute atomic E-state index is 0.590. The standard InChI is InChI=1S/C11H8BrN3O/c1-7-10(11-13-3-5-16-11)15-4-2-8(12)6-9(15)14-7/h2-6H,1H3. The molecule has 0 bridgehead atoms. The van der Waals surface area contributed by atoms with Crippen molar-refractivity contribution in [3.63, 3.8) is 0 Å². The predicted octanol–water partition coefficient (Wildman–Crippen LogP) is 3.06. The molecule has 0 atom stereocenters. The Balaban J connectivity index is 2.36. The van der Waals surface area contributed by atoms with Crippen LogP contribution in [-0.4, -0.2) is 14.4 Å². The largest absolute Gasteiger partial charge is 0.443 e. The van der Waals surface area contributed by atoms with E-state index in [9.17, 15) is 0 Å². The van der Waals surface area contributed by atoms with Gasteiger partial charge < -0.3 is 4.42 Å². The predicted molar refractivity (Wildman–Crippen MR) is 63.1 cm³/mol. The van der Waals surface area contributed by atoms with Gasteiger partial charge in [0.1, 0.15) is 17.6 Å². The third kappa shape index (κ3) is 1.36. The Labute approximate surface area is 100 Å². The Morgan fingerprint density at radius 1 is 1.44 bits per heavy atom. The fourth-order valence-corrected chi connectivity index (χ4v) is 2.06. The molecule has 0 N–H and O–H groups in total. The summed E-state index contributed by atoms with van der Waals surface area (Å²) in [5.74, 6) is 0.590. The molecule has 3 aromatic heterocycles. The molecule has 80 valence electrons. The van der Waals surface area contributed by atoms with E-state index in [-0.39, 0.29) is 0 Å². The van der Waals surface area contributed by atoms with Crippen LogP contribution in [-0.2, 0) is 0 Å². The number of nitrogens with zero attached hydrogens (tertiary/aromatic N) is 3. The molecule has 0 aromatic carbocycles. The lowest BCUT2D eigenvalue weighted by molar-refractivity contribution is 0.571. The lowest BCUT2D eigenvalue weighted by Crippen LogP contribution is -1.88. The number of oxazole rings is 1. The molecule has 16 heavy (non-hydrogen) atoms. The Bertz CT molecular complexity index is 643. The summed E-state index contributed by atoms with van der Waals surface area (Å²) in [6.07, 6.45) is 5.14. The highest BCUT2D eigenvalue weighted by Gasteiger charge is 2.14. The second-order valence-corrected chi connectivity index (χ2v) is 4.37. The molecular weight excluding hydrogens is 270 g/mol. The van der Waals surface area contributed by atoms with Gasteiger partial charge in [0.2, 0.25) is 5.89 Å². The van der Waals surface area contributed by atoms with Gasteiger partial charge in [0, 0.05) is 10.7 Å². The van der Waals surface area contributed by atoms with Crippen LogP contribution in [0, 0.1) is 6.92 Å². The fraction of sp³-hybridized carbons (Fsp3) is 0.0909. The SMILES string of the molecule is Cc1nc2cc(Br)ccn2c1-c1ncco1. The fourth-order valence-electron chi connectivity index (χ4n) is 1.74. The van der Waals surface area contributed by atoms with Gasteiger partial charge in [-0.25, -0.2) is 9.97 Å². The highest BCUT2D eigenvalue weighted by molar-refractivity contribution is 9.10. The van der Waals surface area contributed by atoms with E-state index in [0.29, 0.717) is 5.89 Å². The molecule has 0 amide bonds. The second-order valence-electron chi connectivity index (χ2n) is 3.46. The summed E-state index contributed by atoms with van der Waals surface area (Å²) < 4.78 is 8.28. The molecule has 0 aliphatic carbocycles. The van der Waals surface area contributed by atoms with Gasteiger partial charge in [-0.1, -0.05) is 15.9 Å². The van der Waals surface area contributed by atoms with Gasteiger partial charge in [-0.15, -0.1) is 0 Å². The summed E-state index contributed by atoms with van der Waals surface area (Å²) in [4.78, 5) is 8.62. The van der Waals surface area contributed by atoms with Gasteiger partial charge in [0.05, 0.1) is 11.9 Å². The highest BCUT2D eigenvalue weighted by atomic mass is 79.9. The number of aromatic nitrogens is 3. The summed E-state index contributed by atoms with van der Waals surface area (Å²) in [6.45, 7) is 1.94. The number of imidazole rings is 1. The van der Waals surface area contributed by atoms with Gasteiger partial charge in [-0.3, -0.25) is 4.40 Å². The molecule has 3 aromatic rings. The zero-order valence-corrected chi connectivity index (χ0v) is 10.1. The van der Waals surface area contributed by atoms with Crippen molar-refractivity contribution < 1.29 is 4.42 Å². The van der Waals surface area contributed by atoms with Crippen molar-refractivity contribution >= 4 is 21.6 Å². The molecule has 0 saturated heterocycles. The first-order chi connectivity index (χ1) is 7.75. The van der Waals surface area contributed by atoms with Crippen LogP contribution in [0.25, 0.3) is 17.2 Å². The third-order valence-electron chi connectivity index (χ3n) is 2.40. The molecule has 0 unspecified atom stereocenters. The first-order valence-corrected chi connectivity index (χ1v) is 5.59. The number of fused-ring (bicyclic) bond motifs is 1. The molecule has 0 radical (unpaired) electrons. The summed E-state index contributed by atoms with van der Waals surface area (Å²) in [7, 11) is 0. The second kappa shape index (κ2) is 3.45. The Morgan fingerprint density at radius 3 is 3.06 bits per heavy atom. The lowest BCUT2D eigenvalue weighted by Gasteiger charge is -1.98. The number of hydrogen-bond acceptors (Lipinski definition) is 3. The van der Waals surface area contributed by atoms with Crippen LogP contribution < -0.4 is 0 Å². The van der Waals surface area contributed by atoms with Gasteiger partial charge in [0.25, 0.3) is 0 Å². The number of aryl methyl sites for hydroxylation is 1. The molecule has 0 aliphatic rings. The summed E-state index contributed by atoms with van der Waals surface area (Å²) in [5.41, 5.74) is 2.67. The van der Waals surface area contributed by atoms with Crippen molar-refractivity contribution in [1.29, 1.82) is 0 Å². The van der Waals surface area contributed by atoms with Crippen molar-refractivity contribution in [3.05, 3.63) is 41.0 Å². The lowest BCUT2D eigenvalue weighted by atomic mass is 10.3. The van der Waals surface area contributed by atoms with Gasteiger partial charge in [0.15, 0.2) is 0 Å². The van der Waals surface area contributed by atoms with E-state index < -0.39 is 0 Å². The maximum Gasteiger partial charge on any atom is 0.245 e. The molecule has 5 heteroatoms. The van der Waals surface area contributed by atoms with Gasteiger partial charge in [-0.05, 0) is 19.1 Å². The minimum atomic E-state index is 0.590. The van der Waals surface area contributed by atoms with Crippen molar-refractivity contribution in [3.8, 4) is 11.6 Å². The van der Waals surface area contributed by atoms with E-state index in [2.05, 4.69) is 25.9 Å². The Hall–Kier alpha value is -1.62. The zero-order valence-electron chi connectivity index (χ0n) is 8.51. The number of rotatable bonds is 1. The van der Waals surface area contributed by atoms with Crippen molar-refractivity contribution in [2.75, 3.05) is 0 Å². The van der Waals surface area contributed by atoms with E-state index >= 15 is 0 Å². The van der Waals surface area contributed by atoms with E-state index in [4.69, 9.17) is 4.42 Å². The van der Waals surface area contributed by atoms with Crippen molar-refractivity contribution in [1.82, 2.24) is 14.4 Å². The Kier molecular flexibility index (Phi) is 2.07. The van der Waals surface area contributed by atoms with E-state index in [1.165, 1.54) is 0 Å². The minimum Gasteiger partial charge on any atom is -0.443 e. The van der Waals surface area contributed by atoms with Crippen LogP contribution in [0.1, 0.15) is 5.69 Å². The average molecular weight is 278 g/mol. The summed E-state index contributed by atoms with van der Waals surface area (Å²) in [5, 5.41) is 0. The van der Waals surface area contributed by atoms with Crippen LogP contribution in [0.2, 0.25) is 0 Å². The summed E-state index contributed by atoms with van der Waals surface area (Å²) >= 11 is 3.42. The van der Waals surface area contributed by atoms with Crippen molar-refractivity contribution in [2.45, 2.75) is 6.92 Å². The first kappa shape index (κ1) is 9.59. The third-order valence-corrected chi connectivity index (χ3v) is 2.89. The van der Waals surface area contributed by atoms with Crippen LogP contribution in [0.3, 0.4) is 0 Å². The molecule has 0 aliphatic heterocycles. The smallest absolute Gasteiger partial charge is 0.245 e. The molecule has 3 heterocycles. The van der Waals surface area contributed by atoms with Crippen LogP contribution in [0.5, 0.6) is 0 Å². The monoisotopic (exact) mass is 277 g/mol. The van der Waals surface area contributed by atoms with E-state index in [1.54, 1.807) is 12.5 Å². The highest BCUT2D eigenvalue weighted by Crippen LogP contribution is 2.24. The number of halogens is 1. The van der Waals surface area contributed by atoms with Crippen LogP contribution in [0.15, 0.2) is 39.7 Å². The molecular formula is C11H8BrN3O. The van der Waals surface area contributed by atoms with Gasteiger partial charge >= 0.3 is 0 Å². The molecule has 4 nitrogen and oxygen atoms in total. The average Bonchev–Trinajstić information content (AvgIpc) is 2.83. The zero-order chi connectivity index (χ0) is 11.1. The molecule has 0 fully saturated rings. The Morgan fingerprint density at radius 2 is 2.31 bits per heavy atom. The van der Waals surface area contributed by atoms with Gasteiger partial charge in [-0.2, -0.15) is 0 Å². The summed E-state index contributed by atoms with van der Waals surface area (Å²) in [6, 6.07) is 3.92. The molecule has 0 saturated carbocycles. The topological polar surface area (TPSA) is 43.3 Å². The van der Waals surface area contributed by atoms with Crippen LogP contribution >= 0.6 is 15.9 Å². The van der Waals surface area contributed by atoms with Crippen molar-refractivity contribution in [2.24, 2.45) is 0 Å². The normalized spacial score (nSPS) is 11.1. The van der Waals surface area contributed by atoms with Crippen LogP contribution in [0.4, 0.5) is 0 Å².